The minimum absolute atomic E-state index is 0.422. The molecule has 2 rings (SSSR count). The van der Waals surface area contributed by atoms with Gasteiger partial charge >= 0.3 is 0 Å². The number of nitrogens with zero attached hydrogens (tertiary/aromatic N) is 1. The highest BCUT2D eigenvalue weighted by atomic mass is 32.1. The predicted molar refractivity (Wildman–Crippen MR) is 58.3 cm³/mol. The van der Waals surface area contributed by atoms with Crippen LogP contribution in [-0.2, 0) is 0 Å². The van der Waals surface area contributed by atoms with Crippen molar-refractivity contribution < 1.29 is 9.59 Å². The van der Waals surface area contributed by atoms with Crippen LogP contribution in [0, 0.1) is 6.92 Å². The number of hydrogen-bond acceptors (Lipinski definition) is 4. The Morgan fingerprint density at radius 1 is 1.53 bits per heavy atom. The van der Waals surface area contributed by atoms with Gasteiger partial charge in [0.15, 0.2) is 6.29 Å². The lowest BCUT2D eigenvalue weighted by Crippen LogP contribution is -2.08. The molecule has 0 aliphatic carbocycles. The lowest BCUT2D eigenvalue weighted by atomic mass is 10.2. The molecule has 0 unspecified atom stereocenters. The first-order chi connectivity index (χ1) is 7.11. The van der Waals surface area contributed by atoms with E-state index in [0.717, 1.165) is 12.0 Å². The van der Waals surface area contributed by atoms with E-state index in [-0.39, 0.29) is 0 Å². The zero-order chi connectivity index (χ0) is 11.0. The maximum Gasteiger partial charge on any atom is 0.258 e. The molecule has 0 bridgehead atoms. The summed E-state index contributed by atoms with van der Waals surface area (Å²) in [5.74, 6) is -0.493. The quantitative estimate of drug-likeness (QED) is 0.780. The highest BCUT2D eigenvalue weighted by Gasteiger charge is 2.11. The van der Waals surface area contributed by atoms with Gasteiger partial charge in [-0.05, 0) is 19.1 Å². The van der Waals surface area contributed by atoms with Crippen molar-refractivity contribution in [3.05, 3.63) is 28.3 Å². The average Bonchev–Trinajstić information content (AvgIpc) is 2.59. The number of hydrogen-bond donors (Lipinski definition) is 1. The molecular weight excluding hydrogens is 212 g/mol. The Morgan fingerprint density at radius 3 is 2.87 bits per heavy atom. The molecule has 2 heterocycles. The Hall–Kier alpha value is -1.75. The molecule has 0 aliphatic rings. The van der Waals surface area contributed by atoms with Crippen LogP contribution in [0.25, 0.3) is 10.2 Å². The van der Waals surface area contributed by atoms with Crippen molar-refractivity contribution in [1.29, 1.82) is 0 Å². The van der Waals surface area contributed by atoms with Crippen molar-refractivity contribution >= 4 is 33.7 Å². The van der Waals surface area contributed by atoms with Gasteiger partial charge in [0.05, 0.1) is 4.88 Å². The number of fused-ring (bicyclic) bond motifs is 1. The molecule has 0 radical (unpaired) electrons. The van der Waals surface area contributed by atoms with Gasteiger partial charge in [-0.15, -0.1) is 11.3 Å². The third kappa shape index (κ3) is 1.61. The molecule has 2 aromatic heterocycles. The largest absolute Gasteiger partial charge is 0.365 e. The maximum absolute atomic E-state index is 11.0. The van der Waals surface area contributed by atoms with E-state index in [1.165, 1.54) is 11.3 Å². The van der Waals surface area contributed by atoms with E-state index in [1.807, 2.05) is 0 Å². The molecule has 0 spiro atoms. The fourth-order valence-corrected chi connectivity index (χ4v) is 2.35. The molecule has 0 saturated carbocycles. The zero-order valence-corrected chi connectivity index (χ0v) is 8.80. The molecule has 4 nitrogen and oxygen atoms in total. The number of thiophene rings is 1. The lowest BCUT2D eigenvalue weighted by Gasteiger charge is -1.95. The van der Waals surface area contributed by atoms with Crippen LogP contribution in [0.4, 0.5) is 0 Å². The van der Waals surface area contributed by atoms with Crippen molar-refractivity contribution in [3.8, 4) is 0 Å². The predicted octanol–water partition coefficient (Wildman–Crippen LogP) is 1.52. The first-order valence-electron chi connectivity index (χ1n) is 4.28. The second-order valence-corrected chi connectivity index (χ2v) is 4.20. The molecule has 0 aliphatic heterocycles. The van der Waals surface area contributed by atoms with E-state index in [0.29, 0.717) is 20.7 Å². The van der Waals surface area contributed by atoms with Crippen LogP contribution in [0.15, 0.2) is 12.1 Å². The Kier molecular flexibility index (Phi) is 2.24. The smallest absolute Gasteiger partial charge is 0.258 e. The van der Waals surface area contributed by atoms with Gasteiger partial charge in [0.25, 0.3) is 5.91 Å². The summed E-state index contributed by atoms with van der Waals surface area (Å²) >= 11 is 1.20. The summed E-state index contributed by atoms with van der Waals surface area (Å²) in [6.07, 6.45) is 0.758. The molecular formula is C10H8N2O2S. The highest BCUT2D eigenvalue weighted by Crippen LogP contribution is 2.26. The summed E-state index contributed by atoms with van der Waals surface area (Å²) in [4.78, 5) is 27.1. The van der Waals surface area contributed by atoms with Crippen LogP contribution in [0.5, 0.6) is 0 Å². The third-order valence-electron chi connectivity index (χ3n) is 2.04. The summed E-state index contributed by atoms with van der Waals surface area (Å²) in [5, 5.41) is 0.689. The van der Waals surface area contributed by atoms with Gasteiger partial charge < -0.3 is 5.73 Å². The number of carbonyl (C=O) groups excluding carboxylic acids is 2. The fraction of sp³-hybridized carbons (Fsp3) is 0.100. The van der Waals surface area contributed by atoms with Gasteiger partial charge in [-0.25, -0.2) is 4.98 Å². The Labute approximate surface area is 89.7 Å². The number of aromatic nitrogens is 1. The second-order valence-electron chi connectivity index (χ2n) is 3.16. The summed E-state index contributed by atoms with van der Waals surface area (Å²) < 4.78 is 0. The monoisotopic (exact) mass is 220 g/mol. The number of amides is 1. The number of aldehydes is 1. The minimum Gasteiger partial charge on any atom is -0.365 e. The van der Waals surface area contributed by atoms with E-state index in [2.05, 4.69) is 4.98 Å². The van der Waals surface area contributed by atoms with E-state index in [9.17, 15) is 9.59 Å². The number of nitrogens with two attached hydrogens (primary N) is 1. The van der Waals surface area contributed by atoms with E-state index in [4.69, 9.17) is 5.73 Å². The van der Waals surface area contributed by atoms with E-state index < -0.39 is 5.91 Å². The zero-order valence-electron chi connectivity index (χ0n) is 7.98. The molecule has 5 heteroatoms. The topological polar surface area (TPSA) is 73.1 Å². The van der Waals surface area contributed by atoms with Crippen molar-refractivity contribution in [2.45, 2.75) is 6.92 Å². The Bertz CT molecular complexity index is 560. The second kappa shape index (κ2) is 3.43. The molecule has 2 aromatic rings. The van der Waals surface area contributed by atoms with Crippen molar-refractivity contribution in [3.63, 3.8) is 0 Å². The first kappa shape index (κ1) is 9.79. The van der Waals surface area contributed by atoms with Crippen molar-refractivity contribution in [1.82, 2.24) is 4.98 Å². The first-order valence-corrected chi connectivity index (χ1v) is 5.09. The summed E-state index contributed by atoms with van der Waals surface area (Å²) in [7, 11) is 0. The summed E-state index contributed by atoms with van der Waals surface area (Å²) in [5.41, 5.74) is 6.46. The standard InChI is InChI=1S/C10H8N2O2S/c1-5-2-6(4-13)7-3-8(9(11)14)15-10(7)12-5/h2-4H,1H3,(H2,11,14). The van der Waals surface area contributed by atoms with Crippen molar-refractivity contribution in [2.24, 2.45) is 5.73 Å². The number of carbonyl (C=O) groups is 2. The molecule has 1 amide bonds. The molecule has 76 valence electrons. The van der Waals surface area contributed by atoms with Gasteiger partial charge in [-0.1, -0.05) is 0 Å². The van der Waals surface area contributed by atoms with Gasteiger partial charge in [-0.2, -0.15) is 0 Å². The van der Waals surface area contributed by atoms with Crippen LogP contribution in [0.2, 0.25) is 0 Å². The molecule has 0 fully saturated rings. The van der Waals surface area contributed by atoms with Crippen LogP contribution < -0.4 is 5.73 Å². The van der Waals surface area contributed by atoms with E-state index in [1.54, 1.807) is 19.1 Å². The van der Waals surface area contributed by atoms with Gasteiger partial charge in [-0.3, -0.25) is 9.59 Å². The van der Waals surface area contributed by atoms with Crippen LogP contribution >= 0.6 is 11.3 Å². The van der Waals surface area contributed by atoms with E-state index >= 15 is 0 Å². The SMILES string of the molecule is Cc1cc(C=O)c2cc(C(N)=O)sc2n1. The fourth-order valence-electron chi connectivity index (χ4n) is 1.39. The van der Waals surface area contributed by atoms with Crippen LogP contribution in [-0.4, -0.2) is 17.2 Å². The van der Waals surface area contributed by atoms with Crippen molar-refractivity contribution in [2.75, 3.05) is 0 Å². The number of pyridine rings is 1. The highest BCUT2D eigenvalue weighted by molar-refractivity contribution is 7.20. The number of rotatable bonds is 2. The van der Waals surface area contributed by atoms with Gasteiger partial charge in [0.2, 0.25) is 0 Å². The summed E-state index contributed by atoms with van der Waals surface area (Å²) in [6.45, 7) is 1.80. The van der Waals surface area contributed by atoms with Gasteiger partial charge in [0, 0.05) is 16.6 Å². The average molecular weight is 220 g/mol. The lowest BCUT2D eigenvalue weighted by molar-refractivity contribution is 0.100. The molecule has 0 aromatic carbocycles. The molecule has 0 atom stereocenters. The maximum atomic E-state index is 11.0. The Morgan fingerprint density at radius 2 is 2.27 bits per heavy atom. The Balaban J connectivity index is 2.79. The molecule has 15 heavy (non-hydrogen) atoms. The minimum atomic E-state index is -0.493. The molecule has 2 N–H and O–H groups in total. The van der Waals surface area contributed by atoms with Crippen LogP contribution in [0.1, 0.15) is 25.7 Å². The normalized spacial score (nSPS) is 10.5. The van der Waals surface area contributed by atoms with Gasteiger partial charge in [0.1, 0.15) is 4.83 Å². The van der Waals surface area contributed by atoms with Crippen LogP contribution in [0.3, 0.4) is 0 Å². The number of primary amides is 1. The molecule has 0 saturated heterocycles. The number of aryl methyl sites for hydroxylation is 1. The summed E-state index contributed by atoms with van der Waals surface area (Å²) in [6, 6.07) is 3.30. The third-order valence-corrected chi connectivity index (χ3v) is 3.08.